The van der Waals surface area contributed by atoms with Crippen molar-refractivity contribution < 1.29 is 34.1 Å². The van der Waals surface area contributed by atoms with Crippen LogP contribution in [0.2, 0.25) is 0 Å². The zero-order chi connectivity index (χ0) is 31.5. The summed E-state index contributed by atoms with van der Waals surface area (Å²) >= 11 is 0. The molecule has 0 radical (unpaired) electrons. The number of likely N-dealkylation sites (tertiary alicyclic amines) is 1. The quantitative estimate of drug-likeness (QED) is 0.307. The van der Waals surface area contributed by atoms with E-state index in [4.69, 9.17) is 9.47 Å². The monoisotopic (exact) mass is 595 g/mol. The highest BCUT2D eigenvalue weighted by Gasteiger charge is 2.45. The first-order chi connectivity index (χ1) is 20.2. The molecule has 1 heterocycles. The lowest BCUT2D eigenvalue weighted by atomic mass is 9.91. The smallest absolute Gasteiger partial charge is 0.407 e. The summed E-state index contributed by atoms with van der Waals surface area (Å²) in [6.45, 7) is 11.0. The average molecular weight is 596 g/mol. The summed E-state index contributed by atoms with van der Waals surface area (Å²) in [5.41, 5.74) is 2.87. The predicted octanol–water partition coefficient (Wildman–Crippen LogP) is 3.90. The molecule has 10 nitrogen and oxygen atoms in total. The minimum absolute atomic E-state index is 0.0839. The second-order valence-electron chi connectivity index (χ2n) is 13.0. The Kier molecular flexibility index (Phi) is 9.83. The lowest BCUT2D eigenvalue weighted by Gasteiger charge is -2.44. The van der Waals surface area contributed by atoms with Crippen LogP contribution >= 0.6 is 0 Å². The van der Waals surface area contributed by atoms with Crippen molar-refractivity contribution in [2.45, 2.75) is 95.7 Å². The van der Waals surface area contributed by atoms with Gasteiger partial charge in [-0.25, -0.2) is 4.79 Å². The first-order valence-corrected chi connectivity index (χ1v) is 14.9. The van der Waals surface area contributed by atoms with Crippen LogP contribution in [0.15, 0.2) is 48.5 Å². The third kappa shape index (κ3) is 7.20. The minimum Gasteiger partial charge on any atom is -0.480 e. The molecule has 0 saturated carbocycles. The molecular weight excluding hydrogens is 550 g/mol. The van der Waals surface area contributed by atoms with Crippen molar-refractivity contribution in [3.05, 3.63) is 59.7 Å². The Bertz CT molecular complexity index is 1280. The Labute approximate surface area is 253 Å². The van der Waals surface area contributed by atoms with Gasteiger partial charge in [-0.05, 0) is 83.2 Å². The lowest BCUT2D eigenvalue weighted by molar-refractivity contribution is -0.145. The van der Waals surface area contributed by atoms with Gasteiger partial charge >= 0.3 is 12.1 Å². The van der Waals surface area contributed by atoms with Crippen LogP contribution in [0.5, 0.6) is 0 Å². The summed E-state index contributed by atoms with van der Waals surface area (Å²) in [4.78, 5) is 40.6. The van der Waals surface area contributed by atoms with Gasteiger partial charge in [-0.15, -0.1) is 0 Å². The van der Waals surface area contributed by atoms with E-state index in [2.05, 4.69) is 22.8 Å². The fourth-order valence-electron chi connectivity index (χ4n) is 6.41. The van der Waals surface area contributed by atoms with Gasteiger partial charge in [0.05, 0.1) is 24.4 Å². The number of benzene rings is 2. The summed E-state index contributed by atoms with van der Waals surface area (Å²) in [6.07, 6.45) is -0.319. The fraction of sp³-hybridized carbons (Fsp3) is 0.545. The van der Waals surface area contributed by atoms with E-state index in [1.807, 2.05) is 57.2 Å². The van der Waals surface area contributed by atoms with E-state index in [-0.39, 0.29) is 12.5 Å². The van der Waals surface area contributed by atoms with Gasteiger partial charge in [0.25, 0.3) is 0 Å². The molecule has 2 aliphatic rings. The van der Waals surface area contributed by atoms with E-state index < -0.39 is 59.9 Å². The number of aliphatic hydroxyl groups excluding tert-OH is 1. The molecule has 4 rings (SSSR count). The number of ether oxygens (including phenoxy) is 2. The molecule has 10 heteroatoms. The minimum atomic E-state index is -1.14. The molecule has 4 N–H and O–H groups in total. The highest BCUT2D eigenvalue weighted by atomic mass is 16.6. The molecular formula is C33H45N3O7. The molecule has 43 heavy (non-hydrogen) atoms. The molecule has 0 aromatic heterocycles. The molecule has 1 fully saturated rings. The van der Waals surface area contributed by atoms with Crippen LogP contribution < -0.4 is 10.6 Å². The SMILES string of the molecule is C[C@@H](OC(C)(C)C)[C@H](NC(=O)OCC1c2ccccc2-c2ccccc21)C(=O)N[C@@H](CO)C(C)(C)N1CCC[C@H]1C(=O)O. The van der Waals surface area contributed by atoms with E-state index >= 15 is 0 Å². The third-order valence-corrected chi connectivity index (χ3v) is 8.54. The van der Waals surface area contributed by atoms with E-state index in [1.54, 1.807) is 25.7 Å². The Morgan fingerprint density at radius 1 is 0.977 bits per heavy atom. The Hall–Kier alpha value is -3.47. The number of aliphatic carboxylic acids is 1. The number of carbonyl (C=O) groups excluding carboxylic acids is 2. The van der Waals surface area contributed by atoms with Crippen LogP contribution in [0.25, 0.3) is 11.1 Å². The molecule has 234 valence electrons. The zero-order valence-corrected chi connectivity index (χ0v) is 25.9. The molecule has 4 atom stereocenters. The van der Waals surface area contributed by atoms with Crippen molar-refractivity contribution in [3.8, 4) is 11.1 Å². The van der Waals surface area contributed by atoms with Gasteiger partial charge in [-0.2, -0.15) is 0 Å². The number of nitrogens with zero attached hydrogens (tertiary/aromatic N) is 1. The van der Waals surface area contributed by atoms with E-state index in [0.717, 1.165) is 22.3 Å². The number of rotatable bonds is 11. The summed E-state index contributed by atoms with van der Waals surface area (Å²) < 4.78 is 11.8. The highest BCUT2D eigenvalue weighted by Crippen LogP contribution is 2.44. The van der Waals surface area contributed by atoms with Gasteiger partial charge in [-0.1, -0.05) is 48.5 Å². The molecule has 2 aromatic rings. The normalized spacial score (nSPS) is 19.2. The molecule has 2 aromatic carbocycles. The van der Waals surface area contributed by atoms with Crippen molar-refractivity contribution in [1.82, 2.24) is 15.5 Å². The molecule has 1 aliphatic carbocycles. The topological polar surface area (TPSA) is 137 Å². The third-order valence-electron chi connectivity index (χ3n) is 8.54. The number of nitrogens with one attached hydrogen (secondary N) is 2. The number of amides is 2. The van der Waals surface area contributed by atoms with E-state index in [0.29, 0.717) is 19.4 Å². The van der Waals surface area contributed by atoms with Crippen LogP contribution in [-0.4, -0.2) is 88.2 Å². The predicted molar refractivity (Wildman–Crippen MR) is 163 cm³/mol. The summed E-state index contributed by atoms with van der Waals surface area (Å²) in [6, 6.07) is 13.4. The van der Waals surface area contributed by atoms with Gasteiger partial charge in [0.2, 0.25) is 5.91 Å². The van der Waals surface area contributed by atoms with Gasteiger partial charge in [0.15, 0.2) is 0 Å². The summed E-state index contributed by atoms with van der Waals surface area (Å²) in [5.74, 6) is -1.64. The van der Waals surface area contributed by atoms with Crippen molar-refractivity contribution in [2.24, 2.45) is 0 Å². The molecule has 1 saturated heterocycles. The molecule has 2 amide bonds. The van der Waals surface area contributed by atoms with Crippen molar-refractivity contribution in [3.63, 3.8) is 0 Å². The second-order valence-corrected chi connectivity index (χ2v) is 13.0. The molecule has 1 aliphatic heterocycles. The van der Waals surface area contributed by atoms with Crippen LogP contribution in [0.4, 0.5) is 4.79 Å². The average Bonchev–Trinajstić information content (AvgIpc) is 3.57. The van der Waals surface area contributed by atoms with Gasteiger partial charge in [-0.3, -0.25) is 14.5 Å². The largest absolute Gasteiger partial charge is 0.480 e. The number of alkyl carbamates (subject to hydrolysis) is 1. The first kappa shape index (κ1) is 32.4. The van der Waals surface area contributed by atoms with Crippen molar-refractivity contribution in [1.29, 1.82) is 0 Å². The van der Waals surface area contributed by atoms with Crippen LogP contribution in [0.1, 0.15) is 71.4 Å². The number of hydrogen-bond acceptors (Lipinski definition) is 7. The van der Waals surface area contributed by atoms with Crippen molar-refractivity contribution in [2.75, 3.05) is 19.8 Å². The Morgan fingerprint density at radius 3 is 2.09 bits per heavy atom. The highest BCUT2D eigenvalue weighted by molar-refractivity contribution is 5.87. The van der Waals surface area contributed by atoms with Gasteiger partial charge in [0, 0.05) is 11.5 Å². The number of aliphatic hydroxyl groups is 1. The maximum absolute atomic E-state index is 13.7. The number of carboxylic acid groups (broad SMARTS) is 1. The second kappa shape index (κ2) is 13.0. The lowest BCUT2D eigenvalue weighted by Crippen LogP contribution is -2.65. The van der Waals surface area contributed by atoms with Crippen LogP contribution in [0.3, 0.4) is 0 Å². The van der Waals surface area contributed by atoms with Crippen molar-refractivity contribution >= 4 is 18.0 Å². The number of fused-ring (bicyclic) bond motifs is 3. The molecule has 0 bridgehead atoms. The van der Waals surface area contributed by atoms with Gasteiger partial charge in [0.1, 0.15) is 18.7 Å². The Balaban J connectivity index is 1.49. The number of carboxylic acids is 1. The summed E-state index contributed by atoms with van der Waals surface area (Å²) in [7, 11) is 0. The molecule has 0 spiro atoms. The first-order valence-electron chi connectivity index (χ1n) is 14.9. The Morgan fingerprint density at radius 2 is 1.56 bits per heavy atom. The van der Waals surface area contributed by atoms with Crippen LogP contribution in [-0.2, 0) is 19.1 Å². The maximum Gasteiger partial charge on any atom is 0.407 e. The number of carbonyl (C=O) groups is 3. The van der Waals surface area contributed by atoms with Gasteiger partial charge < -0.3 is 30.3 Å². The van der Waals surface area contributed by atoms with Crippen LogP contribution in [0, 0.1) is 0 Å². The summed E-state index contributed by atoms with van der Waals surface area (Å²) in [5, 5.41) is 25.6. The standard InChI is InChI=1S/C33H45N3O7/c1-20(43-32(2,3)4)28(29(38)34-27(18-37)33(5,6)36-17-11-16-26(36)30(39)40)35-31(41)42-19-25-23-14-9-7-12-21(23)22-13-8-10-15-24(22)25/h7-10,12-15,20,25-28,37H,11,16-19H2,1-6H3,(H,34,38)(H,35,41)(H,39,40)/t20-,26+,27+,28+/m1/s1. The number of hydrogen-bond donors (Lipinski definition) is 4. The molecule has 0 unspecified atom stereocenters. The zero-order valence-electron chi connectivity index (χ0n) is 25.9. The van der Waals surface area contributed by atoms with E-state index in [9.17, 15) is 24.6 Å². The van der Waals surface area contributed by atoms with E-state index in [1.165, 1.54) is 0 Å². The fourth-order valence-corrected chi connectivity index (χ4v) is 6.41. The maximum atomic E-state index is 13.7.